The summed E-state index contributed by atoms with van der Waals surface area (Å²) < 4.78 is 19.8. The number of hydrogen-bond acceptors (Lipinski definition) is 6. The van der Waals surface area contributed by atoms with Gasteiger partial charge in [0, 0.05) is 11.3 Å². The molecule has 25 heavy (non-hydrogen) atoms. The standard InChI is InChI=1S/C18H14FNO3S2/c19-13-7-5-12(6-8-13)15(21)11-23-17(22)9-10-24-18-20-14-3-1-2-4-16(14)25-18/h1-8H,9-11H2. The molecule has 0 unspecified atom stereocenters. The topological polar surface area (TPSA) is 56.3 Å². The third-order valence-electron chi connectivity index (χ3n) is 3.34. The minimum atomic E-state index is -0.441. The molecule has 4 nitrogen and oxygen atoms in total. The van der Waals surface area contributed by atoms with Gasteiger partial charge in [0.05, 0.1) is 16.6 Å². The number of Topliss-reactive ketones (excluding diaryl/α,β-unsaturated/α-hetero) is 1. The molecule has 0 bridgehead atoms. The van der Waals surface area contributed by atoms with E-state index in [0.717, 1.165) is 14.6 Å². The van der Waals surface area contributed by atoms with E-state index in [9.17, 15) is 14.0 Å². The van der Waals surface area contributed by atoms with E-state index >= 15 is 0 Å². The predicted molar refractivity (Wildman–Crippen MR) is 96.7 cm³/mol. The number of aromatic nitrogens is 1. The first-order valence-electron chi connectivity index (χ1n) is 7.54. The van der Waals surface area contributed by atoms with E-state index in [1.165, 1.54) is 36.0 Å². The molecule has 3 aromatic rings. The molecule has 0 aliphatic heterocycles. The van der Waals surface area contributed by atoms with Crippen LogP contribution in [0.3, 0.4) is 0 Å². The van der Waals surface area contributed by atoms with Gasteiger partial charge in [-0.3, -0.25) is 9.59 Å². The van der Waals surface area contributed by atoms with Gasteiger partial charge in [0.1, 0.15) is 5.82 Å². The van der Waals surface area contributed by atoms with Gasteiger partial charge in [0.2, 0.25) is 0 Å². The lowest BCUT2D eigenvalue weighted by Gasteiger charge is -2.04. The number of esters is 1. The van der Waals surface area contributed by atoms with Crippen molar-refractivity contribution in [2.24, 2.45) is 0 Å². The van der Waals surface area contributed by atoms with E-state index in [-0.39, 0.29) is 18.8 Å². The first-order valence-corrected chi connectivity index (χ1v) is 9.35. The number of carbonyl (C=O) groups is 2. The highest BCUT2D eigenvalue weighted by atomic mass is 32.2. The molecule has 0 saturated heterocycles. The third-order valence-corrected chi connectivity index (χ3v) is 5.52. The van der Waals surface area contributed by atoms with Crippen molar-refractivity contribution in [3.63, 3.8) is 0 Å². The van der Waals surface area contributed by atoms with Crippen molar-refractivity contribution in [1.82, 2.24) is 4.98 Å². The van der Waals surface area contributed by atoms with Gasteiger partial charge < -0.3 is 4.74 Å². The third kappa shape index (κ3) is 4.87. The summed E-state index contributed by atoms with van der Waals surface area (Å²) in [5.74, 6) is -0.680. The maximum absolute atomic E-state index is 12.8. The van der Waals surface area contributed by atoms with E-state index < -0.39 is 11.8 Å². The van der Waals surface area contributed by atoms with Crippen molar-refractivity contribution < 1.29 is 18.7 Å². The Labute approximate surface area is 152 Å². The SMILES string of the molecule is O=C(CCSc1nc2ccccc2s1)OCC(=O)c1ccc(F)cc1. The molecule has 0 spiro atoms. The second kappa shape index (κ2) is 8.22. The molecule has 0 N–H and O–H groups in total. The number of para-hydroxylation sites is 1. The minimum absolute atomic E-state index is 0.192. The minimum Gasteiger partial charge on any atom is -0.457 e. The van der Waals surface area contributed by atoms with Crippen molar-refractivity contribution in [3.05, 3.63) is 59.9 Å². The molecule has 7 heteroatoms. The average molecular weight is 375 g/mol. The van der Waals surface area contributed by atoms with Crippen molar-refractivity contribution in [2.45, 2.75) is 10.8 Å². The summed E-state index contributed by atoms with van der Waals surface area (Å²) in [7, 11) is 0. The summed E-state index contributed by atoms with van der Waals surface area (Å²) >= 11 is 3.07. The monoisotopic (exact) mass is 375 g/mol. The van der Waals surface area contributed by atoms with Crippen LogP contribution in [0.5, 0.6) is 0 Å². The highest BCUT2D eigenvalue weighted by Gasteiger charge is 2.11. The Hall–Kier alpha value is -2.25. The molecular weight excluding hydrogens is 361 g/mol. The van der Waals surface area contributed by atoms with Crippen LogP contribution in [0.1, 0.15) is 16.8 Å². The Morgan fingerprint density at radius 1 is 1.12 bits per heavy atom. The summed E-state index contributed by atoms with van der Waals surface area (Å²) in [5, 5.41) is 0. The fraction of sp³-hybridized carbons (Fsp3) is 0.167. The first-order chi connectivity index (χ1) is 12.1. The summed E-state index contributed by atoms with van der Waals surface area (Å²) in [6.45, 7) is -0.337. The van der Waals surface area contributed by atoms with Gasteiger partial charge in [-0.15, -0.1) is 11.3 Å². The fourth-order valence-electron chi connectivity index (χ4n) is 2.07. The van der Waals surface area contributed by atoms with Crippen LogP contribution in [-0.4, -0.2) is 29.1 Å². The van der Waals surface area contributed by atoms with Crippen molar-refractivity contribution in [3.8, 4) is 0 Å². The van der Waals surface area contributed by atoms with Crippen LogP contribution in [0.15, 0.2) is 52.9 Å². The molecule has 0 atom stereocenters. The van der Waals surface area contributed by atoms with Crippen LogP contribution in [0.4, 0.5) is 4.39 Å². The number of hydrogen-bond donors (Lipinski definition) is 0. The summed E-state index contributed by atoms with van der Waals surface area (Å²) in [6.07, 6.45) is 0.192. The molecule has 0 aliphatic rings. The number of thiazole rings is 1. The number of fused-ring (bicyclic) bond motifs is 1. The molecule has 1 aromatic heterocycles. The van der Waals surface area contributed by atoms with E-state index in [1.54, 1.807) is 11.3 Å². The smallest absolute Gasteiger partial charge is 0.307 e. The number of halogens is 1. The number of thioether (sulfide) groups is 1. The van der Waals surface area contributed by atoms with Gasteiger partial charge in [-0.25, -0.2) is 9.37 Å². The van der Waals surface area contributed by atoms with Crippen LogP contribution in [-0.2, 0) is 9.53 Å². The van der Waals surface area contributed by atoms with Gasteiger partial charge in [0.15, 0.2) is 16.7 Å². The number of carbonyl (C=O) groups excluding carboxylic acids is 2. The second-order valence-electron chi connectivity index (χ2n) is 5.14. The summed E-state index contributed by atoms with van der Waals surface area (Å²) in [4.78, 5) is 28.0. The Bertz CT molecular complexity index is 860. The maximum atomic E-state index is 12.8. The summed E-state index contributed by atoms with van der Waals surface area (Å²) in [5.41, 5.74) is 1.26. The second-order valence-corrected chi connectivity index (χ2v) is 7.51. The van der Waals surface area contributed by atoms with Gasteiger partial charge in [-0.1, -0.05) is 23.9 Å². The van der Waals surface area contributed by atoms with Crippen LogP contribution >= 0.6 is 23.1 Å². The highest BCUT2D eigenvalue weighted by Crippen LogP contribution is 2.29. The zero-order valence-electron chi connectivity index (χ0n) is 13.1. The van der Waals surface area contributed by atoms with Gasteiger partial charge in [0.25, 0.3) is 0 Å². The van der Waals surface area contributed by atoms with Crippen LogP contribution in [0.25, 0.3) is 10.2 Å². The molecule has 0 aliphatic carbocycles. The Morgan fingerprint density at radius 3 is 2.64 bits per heavy atom. The molecule has 0 saturated carbocycles. The van der Waals surface area contributed by atoms with E-state index in [1.807, 2.05) is 24.3 Å². The quantitative estimate of drug-likeness (QED) is 0.349. The lowest BCUT2D eigenvalue weighted by molar-refractivity contribution is -0.141. The molecule has 0 fully saturated rings. The largest absolute Gasteiger partial charge is 0.457 e. The zero-order chi connectivity index (χ0) is 17.6. The van der Waals surface area contributed by atoms with E-state index in [2.05, 4.69) is 4.98 Å². The molecule has 0 amide bonds. The van der Waals surface area contributed by atoms with Gasteiger partial charge >= 0.3 is 5.97 Å². The molecular formula is C18H14FNO3S2. The Morgan fingerprint density at radius 2 is 1.88 bits per heavy atom. The van der Waals surface area contributed by atoms with E-state index in [0.29, 0.717) is 11.3 Å². The maximum Gasteiger partial charge on any atom is 0.307 e. The first kappa shape index (κ1) is 17.6. The number of nitrogens with zero attached hydrogens (tertiary/aromatic N) is 1. The number of benzene rings is 2. The Kier molecular flexibility index (Phi) is 5.78. The molecule has 128 valence electrons. The van der Waals surface area contributed by atoms with Gasteiger partial charge in [-0.05, 0) is 36.4 Å². The van der Waals surface area contributed by atoms with E-state index in [4.69, 9.17) is 4.74 Å². The van der Waals surface area contributed by atoms with Crippen LogP contribution in [0, 0.1) is 5.82 Å². The lowest BCUT2D eigenvalue weighted by atomic mass is 10.1. The van der Waals surface area contributed by atoms with Crippen molar-refractivity contribution in [1.29, 1.82) is 0 Å². The highest BCUT2D eigenvalue weighted by molar-refractivity contribution is 8.01. The summed E-state index contributed by atoms with van der Waals surface area (Å²) in [6, 6.07) is 13.0. The predicted octanol–water partition coefficient (Wildman–Crippen LogP) is 4.34. The van der Waals surface area contributed by atoms with Gasteiger partial charge in [-0.2, -0.15) is 0 Å². The zero-order valence-corrected chi connectivity index (χ0v) is 14.7. The normalized spacial score (nSPS) is 10.8. The molecule has 2 aromatic carbocycles. The molecule has 3 rings (SSSR count). The van der Waals surface area contributed by atoms with Crippen molar-refractivity contribution >= 4 is 45.1 Å². The average Bonchev–Trinajstić information content (AvgIpc) is 3.03. The lowest BCUT2D eigenvalue weighted by Crippen LogP contribution is -2.14. The number of rotatable bonds is 7. The van der Waals surface area contributed by atoms with Crippen LogP contribution in [0.2, 0.25) is 0 Å². The molecule has 1 heterocycles. The molecule has 0 radical (unpaired) electrons. The van der Waals surface area contributed by atoms with Crippen LogP contribution < -0.4 is 0 Å². The number of ketones is 1. The number of ether oxygens (including phenoxy) is 1. The Balaban J connectivity index is 1.42. The fourth-order valence-corrected chi connectivity index (χ4v) is 4.13. The van der Waals surface area contributed by atoms with Crippen molar-refractivity contribution in [2.75, 3.05) is 12.4 Å².